The predicted octanol–water partition coefficient (Wildman–Crippen LogP) is 3.26. The van der Waals surface area contributed by atoms with Gasteiger partial charge in [0, 0.05) is 31.1 Å². The second-order valence-electron chi connectivity index (χ2n) is 6.00. The molecular formula is C17H28N2O2. The zero-order valence-electron chi connectivity index (χ0n) is 13.5. The Morgan fingerprint density at radius 3 is 2.76 bits per heavy atom. The van der Waals surface area contributed by atoms with Crippen LogP contribution in [0.25, 0.3) is 0 Å². The predicted molar refractivity (Wildman–Crippen MR) is 84.8 cm³/mol. The Morgan fingerprint density at radius 1 is 1.33 bits per heavy atom. The maximum absolute atomic E-state index is 6.07. The molecule has 0 bridgehead atoms. The third kappa shape index (κ3) is 5.29. The molecule has 0 amide bonds. The van der Waals surface area contributed by atoms with Crippen LogP contribution in [0.4, 0.5) is 0 Å². The van der Waals surface area contributed by atoms with Crippen molar-refractivity contribution in [2.45, 2.75) is 58.6 Å². The van der Waals surface area contributed by atoms with Crippen molar-refractivity contribution in [3.05, 3.63) is 23.4 Å². The van der Waals surface area contributed by atoms with Crippen molar-refractivity contribution >= 4 is 0 Å². The maximum Gasteiger partial charge on any atom is 0.214 e. The molecule has 1 saturated heterocycles. The van der Waals surface area contributed by atoms with Crippen LogP contribution in [-0.4, -0.2) is 30.8 Å². The molecule has 1 aromatic rings. The summed E-state index contributed by atoms with van der Waals surface area (Å²) in [6, 6.07) is 4.26. The van der Waals surface area contributed by atoms with E-state index in [1.54, 1.807) is 0 Å². The monoisotopic (exact) mass is 292 g/mol. The van der Waals surface area contributed by atoms with E-state index in [2.05, 4.69) is 43.2 Å². The van der Waals surface area contributed by atoms with Crippen LogP contribution in [0.2, 0.25) is 0 Å². The van der Waals surface area contributed by atoms with Gasteiger partial charge in [0.1, 0.15) is 6.10 Å². The van der Waals surface area contributed by atoms with Crippen LogP contribution in [0.5, 0.6) is 5.88 Å². The number of hydrogen-bond donors (Lipinski definition) is 1. The summed E-state index contributed by atoms with van der Waals surface area (Å²) in [6.07, 6.45) is 3.30. The molecule has 2 heterocycles. The van der Waals surface area contributed by atoms with Gasteiger partial charge in [-0.15, -0.1) is 0 Å². The lowest BCUT2D eigenvalue weighted by Gasteiger charge is -2.23. The van der Waals surface area contributed by atoms with Crippen LogP contribution in [0.1, 0.15) is 57.2 Å². The average molecular weight is 292 g/mol. The first-order valence-corrected chi connectivity index (χ1v) is 8.15. The molecule has 4 heteroatoms. The van der Waals surface area contributed by atoms with E-state index in [9.17, 15) is 0 Å². The molecule has 1 fully saturated rings. The van der Waals surface area contributed by atoms with Gasteiger partial charge in [-0.3, -0.25) is 0 Å². The van der Waals surface area contributed by atoms with Gasteiger partial charge in [0.05, 0.1) is 13.2 Å². The summed E-state index contributed by atoms with van der Waals surface area (Å²) in [7, 11) is 0. The second kappa shape index (κ2) is 8.35. The van der Waals surface area contributed by atoms with Crippen molar-refractivity contribution < 1.29 is 9.47 Å². The summed E-state index contributed by atoms with van der Waals surface area (Å²) < 4.78 is 11.5. The van der Waals surface area contributed by atoms with Crippen molar-refractivity contribution in [2.75, 3.05) is 19.8 Å². The maximum atomic E-state index is 6.07. The van der Waals surface area contributed by atoms with Crippen molar-refractivity contribution in [1.29, 1.82) is 0 Å². The Hall–Kier alpha value is -1.13. The third-order valence-electron chi connectivity index (χ3n) is 3.68. The van der Waals surface area contributed by atoms with Gasteiger partial charge >= 0.3 is 0 Å². The first-order chi connectivity index (χ1) is 10.2. The minimum absolute atomic E-state index is 0.241. The van der Waals surface area contributed by atoms with Crippen LogP contribution in [-0.2, 0) is 11.3 Å². The first-order valence-electron chi connectivity index (χ1n) is 8.15. The van der Waals surface area contributed by atoms with Crippen LogP contribution < -0.4 is 10.1 Å². The summed E-state index contributed by atoms with van der Waals surface area (Å²) >= 11 is 0. The number of pyridine rings is 1. The number of hydrogen-bond acceptors (Lipinski definition) is 4. The second-order valence-corrected chi connectivity index (χ2v) is 6.00. The minimum atomic E-state index is 0.241. The molecule has 2 rings (SSSR count). The standard InChI is InChI=1S/C17H28N2O2/c1-4-7-18-12-14-10-16(13(2)3)19-17(11-14)21-15-5-8-20-9-6-15/h10-11,13,15,18H,4-9,12H2,1-3H3. The summed E-state index contributed by atoms with van der Waals surface area (Å²) in [6.45, 7) is 10.0. The Kier molecular flexibility index (Phi) is 6.46. The van der Waals surface area contributed by atoms with Gasteiger partial charge in [0.2, 0.25) is 5.88 Å². The van der Waals surface area contributed by atoms with Gasteiger partial charge in [-0.05, 0) is 30.5 Å². The van der Waals surface area contributed by atoms with Gasteiger partial charge in [0.25, 0.3) is 0 Å². The molecule has 0 unspecified atom stereocenters. The van der Waals surface area contributed by atoms with Crippen molar-refractivity contribution in [1.82, 2.24) is 10.3 Å². The lowest BCUT2D eigenvalue weighted by molar-refractivity contribution is 0.0236. The van der Waals surface area contributed by atoms with E-state index in [-0.39, 0.29) is 6.10 Å². The number of aromatic nitrogens is 1. The van der Waals surface area contributed by atoms with E-state index in [0.29, 0.717) is 5.92 Å². The van der Waals surface area contributed by atoms with Crippen LogP contribution in [0, 0.1) is 0 Å². The zero-order chi connectivity index (χ0) is 15.1. The molecule has 1 aliphatic rings. The van der Waals surface area contributed by atoms with Gasteiger partial charge < -0.3 is 14.8 Å². The molecule has 1 aliphatic heterocycles. The molecule has 0 spiro atoms. The minimum Gasteiger partial charge on any atom is -0.474 e. The van der Waals surface area contributed by atoms with E-state index in [1.165, 1.54) is 5.56 Å². The van der Waals surface area contributed by atoms with Gasteiger partial charge in [-0.2, -0.15) is 0 Å². The Balaban J connectivity index is 2.06. The molecule has 1 aromatic heterocycles. The Labute approximate surface area is 128 Å². The van der Waals surface area contributed by atoms with E-state index < -0.39 is 0 Å². The molecule has 0 aromatic carbocycles. The van der Waals surface area contributed by atoms with Crippen molar-refractivity contribution in [3.8, 4) is 5.88 Å². The highest BCUT2D eigenvalue weighted by atomic mass is 16.5. The topological polar surface area (TPSA) is 43.4 Å². The Bertz CT molecular complexity index is 429. The molecule has 21 heavy (non-hydrogen) atoms. The SMILES string of the molecule is CCCNCc1cc(OC2CCOCC2)nc(C(C)C)c1. The van der Waals surface area contributed by atoms with Gasteiger partial charge in [-0.1, -0.05) is 20.8 Å². The lowest BCUT2D eigenvalue weighted by atomic mass is 10.1. The quantitative estimate of drug-likeness (QED) is 0.783. The lowest BCUT2D eigenvalue weighted by Crippen LogP contribution is -2.26. The summed E-state index contributed by atoms with van der Waals surface area (Å²) in [4.78, 5) is 4.66. The fraction of sp³-hybridized carbons (Fsp3) is 0.706. The fourth-order valence-corrected chi connectivity index (χ4v) is 2.41. The third-order valence-corrected chi connectivity index (χ3v) is 3.68. The molecule has 0 saturated carbocycles. The highest BCUT2D eigenvalue weighted by Crippen LogP contribution is 2.22. The number of nitrogens with zero attached hydrogens (tertiary/aromatic N) is 1. The molecule has 0 aliphatic carbocycles. The summed E-state index contributed by atoms with van der Waals surface area (Å²) in [5.74, 6) is 1.18. The highest BCUT2D eigenvalue weighted by molar-refractivity contribution is 5.27. The van der Waals surface area contributed by atoms with Gasteiger partial charge in [0.15, 0.2) is 0 Å². The van der Waals surface area contributed by atoms with E-state index in [4.69, 9.17) is 9.47 Å². The molecule has 1 N–H and O–H groups in total. The van der Waals surface area contributed by atoms with Crippen LogP contribution in [0.3, 0.4) is 0 Å². The normalized spacial score (nSPS) is 16.4. The van der Waals surface area contributed by atoms with E-state index in [0.717, 1.165) is 57.1 Å². The number of nitrogens with one attached hydrogen (secondary N) is 1. The van der Waals surface area contributed by atoms with Crippen LogP contribution in [0.15, 0.2) is 12.1 Å². The highest BCUT2D eigenvalue weighted by Gasteiger charge is 2.17. The average Bonchev–Trinajstić information content (AvgIpc) is 2.48. The van der Waals surface area contributed by atoms with E-state index >= 15 is 0 Å². The number of ether oxygens (including phenoxy) is 2. The molecule has 0 radical (unpaired) electrons. The zero-order valence-corrected chi connectivity index (χ0v) is 13.5. The first kappa shape index (κ1) is 16.2. The molecule has 4 nitrogen and oxygen atoms in total. The van der Waals surface area contributed by atoms with Gasteiger partial charge in [-0.25, -0.2) is 4.98 Å². The molecular weight excluding hydrogens is 264 g/mol. The number of rotatable bonds is 7. The summed E-state index contributed by atoms with van der Waals surface area (Å²) in [5.41, 5.74) is 2.36. The van der Waals surface area contributed by atoms with E-state index in [1.807, 2.05) is 0 Å². The Morgan fingerprint density at radius 2 is 2.10 bits per heavy atom. The smallest absolute Gasteiger partial charge is 0.214 e. The summed E-state index contributed by atoms with van der Waals surface area (Å²) in [5, 5.41) is 3.45. The largest absolute Gasteiger partial charge is 0.474 e. The molecule has 118 valence electrons. The van der Waals surface area contributed by atoms with Crippen LogP contribution >= 0.6 is 0 Å². The van der Waals surface area contributed by atoms with Crippen molar-refractivity contribution in [3.63, 3.8) is 0 Å². The van der Waals surface area contributed by atoms with Crippen molar-refractivity contribution in [2.24, 2.45) is 0 Å². The molecule has 0 atom stereocenters. The fourth-order valence-electron chi connectivity index (χ4n) is 2.41.